The van der Waals surface area contributed by atoms with Crippen LogP contribution in [0.15, 0.2) is 54.6 Å². The van der Waals surface area contributed by atoms with E-state index in [0.717, 1.165) is 0 Å². The second-order valence-electron chi connectivity index (χ2n) is 5.63. The van der Waals surface area contributed by atoms with Crippen molar-refractivity contribution >= 4 is 19.0 Å². The van der Waals surface area contributed by atoms with E-state index in [2.05, 4.69) is 5.32 Å². The van der Waals surface area contributed by atoms with Crippen molar-refractivity contribution in [1.82, 2.24) is 5.32 Å². The van der Waals surface area contributed by atoms with Gasteiger partial charge in [-0.15, -0.1) is 0 Å². The highest BCUT2D eigenvalue weighted by molar-refractivity contribution is 6.43. The van der Waals surface area contributed by atoms with E-state index in [4.69, 9.17) is 10.8 Å². The molecule has 0 radical (unpaired) electrons. The van der Waals surface area contributed by atoms with Gasteiger partial charge in [0, 0.05) is 0 Å². The van der Waals surface area contributed by atoms with E-state index in [9.17, 15) is 19.6 Å². The Morgan fingerprint density at radius 2 is 1.76 bits per heavy atom. The molecule has 2 atom stereocenters. The predicted molar refractivity (Wildman–Crippen MR) is 92.6 cm³/mol. The summed E-state index contributed by atoms with van der Waals surface area (Å²) in [6, 6.07) is 13.8. The van der Waals surface area contributed by atoms with Crippen LogP contribution in [0.4, 0.5) is 0 Å². The van der Waals surface area contributed by atoms with Gasteiger partial charge in [0.05, 0.1) is 11.5 Å². The molecular weight excluding hydrogens is 323 g/mol. The number of benzene rings is 2. The zero-order valence-corrected chi connectivity index (χ0v) is 13.4. The molecule has 25 heavy (non-hydrogen) atoms. The molecule has 2 aromatic rings. The molecule has 0 aromatic heterocycles. The monoisotopic (exact) mass is 342 g/mol. The van der Waals surface area contributed by atoms with Crippen LogP contribution < -0.4 is 11.1 Å². The third kappa shape index (κ3) is 5.15. The number of hydrogen-bond acceptors (Lipinski definition) is 5. The molecule has 2 aromatic carbocycles. The molecule has 0 bridgehead atoms. The van der Waals surface area contributed by atoms with Gasteiger partial charge < -0.3 is 26.2 Å². The van der Waals surface area contributed by atoms with E-state index in [1.165, 1.54) is 12.1 Å². The van der Waals surface area contributed by atoms with Crippen LogP contribution in [0.3, 0.4) is 0 Å². The third-order valence-corrected chi connectivity index (χ3v) is 3.76. The van der Waals surface area contributed by atoms with Gasteiger partial charge in [-0.05, 0) is 29.7 Å². The number of nitrogens with one attached hydrogen (secondary N) is 1. The fourth-order valence-electron chi connectivity index (χ4n) is 2.40. The molecule has 0 fully saturated rings. The minimum absolute atomic E-state index is 0.0477. The molecule has 0 aliphatic heterocycles. The Morgan fingerprint density at radius 1 is 1.08 bits per heavy atom. The van der Waals surface area contributed by atoms with Gasteiger partial charge in [0.15, 0.2) is 0 Å². The number of carboxylic acid groups (broad SMARTS) is 1. The summed E-state index contributed by atoms with van der Waals surface area (Å²) in [5, 5.41) is 30.6. The van der Waals surface area contributed by atoms with Gasteiger partial charge in [0.1, 0.15) is 6.04 Å². The summed E-state index contributed by atoms with van der Waals surface area (Å²) < 4.78 is 0. The first-order chi connectivity index (χ1) is 11.9. The molecule has 7 nitrogen and oxygen atoms in total. The first-order valence-corrected chi connectivity index (χ1v) is 7.67. The summed E-state index contributed by atoms with van der Waals surface area (Å²) >= 11 is 0. The third-order valence-electron chi connectivity index (χ3n) is 3.76. The minimum Gasteiger partial charge on any atom is -0.478 e. The Morgan fingerprint density at radius 3 is 2.36 bits per heavy atom. The molecule has 0 unspecified atom stereocenters. The van der Waals surface area contributed by atoms with Crippen molar-refractivity contribution in [2.24, 2.45) is 5.73 Å². The predicted octanol–water partition coefficient (Wildman–Crippen LogP) is 0.124. The lowest BCUT2D eigenvalue weighted by atomic mass is 9.75. The maximum atomic E-state index is 12.3. The Bertz CT molecular complexity index is 739. The smallest absolute Gasteiger partial charge is 0.475 e. The fraction of sp³-hybridized carbons (Fsp3) is 0.176. The van der Waals surface area contributed by atoms with Crippen molar-refractivity contribution in [2.45, 2.75) is 18.4 Å². The molecule has 8 heteroatoms. The van der Waals surface area contributed by atoms with Crippen LogP contribution >= 0.6 is 0 Å². The van der Waals surface area contributed by atoms with Crippen LogP contribution in [0.5, 0.6) is 0 Å². The van der Waals surface area contributed by atoms with Crippen molar-refractivity contribution < 1.29 is 24.7 Å². The molecule has 130 valence electrons. The standard InChI is InChI=1S/C17H19BN2O5/c19-15(12-6-2-1-3-7-12)16(21)20-14(18(24)25)10-11-5-4-8-13(9-11)17(22)23/h1-9,14-15,24-25H,10,19H2,(H,20,21)(H,22,23)/t14-,15+/m0/s1. The van der Waals surface area contributed by atoms with E-state index < -0.39 is 31.0 Å². The molecule has 0 aliphatic carbocycles. The minimum atomic E-state index is -1.82. The second kappa shape index (κ2) is 8.43. The number of aromatic carboxylic acids is 1. The van der Waals surface area contributed by atoms with Crippen molar-refractivity contribution in [3.63, 3.8) is 0 Å². The number of carbonyl (C=O) groups is 2. The van der Waals surface area contributed by atoms with E-state index in [-0.39, 0.29) is 12.0 Å². The zero-order chi connectivity index (χ0) is 18.4. The van der Waals surface area contributed by atoms with Crippen LogP contribution in [-0.2, 0) is 11.2 Å². The maximum Gasteiger partial charge on any atom is 0.475 e. The Kier molecular flexibility index (Phi) is 6.29. The Labute approximate surface area is 145 Å². The quantitative estimate of drug-likeness (QED) is 0.454. The van der Waals surface area contributed by atoms with E-state index in [1.807, 2.05) is 0 Å². The molecule has 0 aliphatic rings. The lowest BCUT2D eigenvalue weighted by Gasteiger charge is -2.21. The van der Waals surface area contributed by atoms with E-state index >= 15 is 0 Å². The Hall–Kier alpha value is -2.68. The molecule has 1 amide bonds. The van der Waals surface area contributed by atoms with Crippen molar-refractivity contribution in [2.75, 3.05) is 0 Å². The number of amides is 1. The van der Waals surface area contributed by atoms with Crippen molar-refractivity contribution in [3.05, 3.63) is 71.3 Å². The SMILES string of the molecule is N[C@@H](C(=O)N[C@@H](Cc1cccc(C(=O)O)c1)B(O)O)c1ccccc1. The highest BCUT2D eigenvalue weighted by Crippen LogP contribution is 2.12. The molecule has 0 saturated carbocycles. The summed E-state index contributed by atoms with van der Waals surface area (Å²) in [5.41, 5.74) is 7.11. The molecule has 0 spiro atoms. The van der Waals surface area contributed by atoms with E-state index in [1.54, 1.807) is 42.5 Å². The van der Waals surface area contributed by atoms with Gasteiger partial charge in [0.25, 0.3) is 0 Å². The van der Waals surface area contributed by atoms with Gasteiger partial charge in [-0.3, -0.25) is 4.79 Å². The Balaban J connectivity index is 2.09. The van der Waals surface area contributed by atoms with Gasteiger partial charge in [0.2, 0.25) is 5.91 Å². The van der Waals surface area contributed by atoms with Crippen LogP contribution in [0.25, 0.3) is 0 Å². The fourth-order valence-corrected chi connectivity index (χ4v) is 2.40. The van der Waals surface area contributed by atoms with Gasteiger partial charge >= 0.3 is 13.1 Å². The highest BCUT2D eigenvalue weighted by atomic mass is 16.4. The van der Waals surface area contributed by atoms with E-state index in [0.29, 0.717) is 11.1 Å². The largest absolute Gasteiger partial charge is 0.478 e. The maximum absolute atomic E-state index is 12.3. The molecule has 0 saturated heterocycles. The van der Waals surface area contributed by atoms with Gasteiger partial charge in [-0.25, -0.2) is 4.79 Å². The average Bonchev–Trinajstić information content (AvgIpc) is 2.61. The first kappa shape index (κ1) is 18.7. The first-order valence-electron chi connectivity index (χ1n) is 7.67. The topological polar surface area (TPSA) is 133 Å². The lowest BCUT2D eigenvalue weighted by Crippen LogP contribution is -2.50. The molecular formula is C17H19BN2O5. The number of carboxylic acids is 1. The number of rotatable bonds is 7. The summed E-state index contributed by atoms with van der Waals surface area (Å²) in [4.78, 5) is 23.3. The highest BCUT2D eigenvalue weighted by Gasteiger charge is 2.28. The average molecular weight is 342 g/mol. The van der Waals surface area contributed by atoms with Crippen LogP contribution in [0, 0.1) is 0 Å². The summed E-state index contributed by atoms with van der Waals surface area (Å²) in [7, 11) is -1.82. The van der Waals surface area contributed by atoms with Crippen LogP contribution in [0.1, 0.15) is 27.5 Å². The summed E-state index contributed by atoms with van der Waals surface area (Å²) in [5.74, 6) is -2.66. The summed E-state index contributed by atoms with van der Waals surface area (Å²) in [6.07, 6.45) is 0.0477. The van der Waals surface area contributed by atoms with Crippen molar-refractivity contribution in [1.29, 1.82) is 0 Å². The van der Waals surface area contributed by atoms with Crippen LogP contribution in [0.2, 0.25) is 0 Å². The number of nitrogens with two attached hydrogens (primary N) is 1. The summed E-state index contributed by atoms with van der Waals surface area (Å²) in [6.45, 7) is 0. The number of carbonyl (C=O) groups excluding carboxylic acids is 1. The van der Waals surface area contributed by atoms with Gasteiger partial charge in [-0.2, -0.15) is 0 Å². The zero-order valence-electron chi connectivity index (χ0n) is 13.4. The normalized spacial score (nSPS) is 12.9. The van der Waals surface area contributed by atoms with Crippen LogP contribution in [-0.4, -0.2) is 40.1 Å². The van der Waals surface area contributed by atoms with Gasteiger partial charge in [-0.1, -0.05) is 42.5 Å². The second-order valence-corrected chi connectivity index (χ2v) is 5.63. The molecule has 0 heterocycles. The molecule has 2 rings (SSSR count). The number of hydrogen-bond donors (Lipinski definition) is 5. The van der Waals surface area contributed by atoms with Crippen molar-refractivity contribution in [3.8, 4) is 0 Å². The molecule has 6 N–H and O–H groups in total. The lowest BCUT2D eigenvalue weighted by molar-refractivity contribution is -0.122.